The van der Waals surface area contributed by atoms with Crippen molar-refractivity contribution < 1.29 is 19.2 Å². The summed E-state index contributed by atoms with van der Waals surface area (Å²) in [6.07, 6.45) is -0.908. The first-order chi connectivity index (χ1) is 9.06. The topological polar surface area (TPSA) is 85.5 Å². The smallest absolute Gasteiger partial charge is 0.332 e. The third kappa shape index (κ3) is 3.38. The summed E-state index contributed by atoms with van der Waals surface area (Å²) >= 11 is 0. The number of ether oxygens (including phenoxy) is 1. The highest BCUT2D eigenvalue weighted by atomic mass is 16.5. The quantitative estimate of drug-likeness (QED) is 0.887. The van der Waals surface area contributed by atoms with Gasteiger partial charge in [0.1, 0.15) is 6.61 Å². The van der Waals surface area contributed by atoms with Crippen LogP contribution in [0.15, 0.2) is 28.8 Å². The van der Waals surface area contributed by atoms with Crippen LogP contribution < -0.4 is 0 Å². The lowest BCUT2D eigenvalue weighted by atomic mass is 10.1. The van der Waals surface area contributed by atoms with E-state index < -0.39 is 12.1 Å². The van der Waals surface area contributed by atoms with Gasteiger partial charge >= 0.3 is 5.97 Å². The summed E-state index contributed by atoms with van der Waals surface area (Å²) in [5.74, 6) is -0.316. The van der Waals surface area contributed by atoms with Crippen LogP contribution >= 0.6 is 0 Å². The molecule has 0 radical (unpaired) electrons. The number of hydrogen-bond acceptors (Lipinski definition) is 5. The highest BCUT2D eigenvalue weighted by Crippen LogP contribution is 2.16. The second-order valence-electron chi connectivity index (χ2n) is 4.17. The van der Waals surface area contributed by atoms with Crippen LogP contribution in [0.4, 0.5) is 0 Å². The predicted octanol–water partition coefficient (Wildman–Crippen LogP) is 2.03. The Kier molecular flexibility index (Phi) is 3.91. The summed E-state index contributed by atoms with van der Waals surface area (Å²) in [7, 11) is 0. The molecule has 100 valence electrons. The summed E-state index contributed by atoms with van der Waals surface area (Å²) in [6.45, 7) is 3.42. The second kappa shape index (κ2) is 5.62. The molecular formula is C13H14N2O4. The average molecular weight is 262 g/mol. The molecule has 1 unspecified atom stereocenters. The van der Waals surface area contributed by atoms with Gasteiger partial charge in [-0.25, -0.2) is 4.79 Å². The zero-order valence-corrected chi connectivity index (χ0v) is 10.7. The van der Waals surface area contributed by atoms with Gasteiger partial charge in [-0.05, 0) is 13.8 Å². The zero-order valence-electron chi connectivity index (χ0n) is 10.7. The standard InChI is InChI=1S/C13H14N2O4/c1-8-3-5-10(6-4-8)12-14-11(19-15-12)7-18-9(2)13(16)17/h3-6,9H,7H2,1-2H3,(H,16,17). The van der Waals surface area contributed by atoms with Crippen molar-refractivity contribution in [1.29, 1.82) is 0 Å². The molecule has 0 saturated heterocycles. The Hall–Kier alpha value is -2.21. The van der Waals surface area contributed by atoms with Crippen LogP contribution in [0.3, 0.4) is 0 Å². The van der Waals surface area contributed by atoms with Crippen molar-refractivity contribution in [2.75, 3.05) is 0 Å². The maximum atomic E-state index is 10.6. The largest absolute Gasteiger partial charge is 0.479 e. The first-order valence-electron chi connectivity index (χ1n) is 5.80. The van der Waals surface area contributed by atoms with Crippen molar-refractivity contribution in [3.63, 3.8) is 0 Å². The Balaban J connectivity index is 2.03. The number of carbonyl (C=O) groups is 1. The van der Waals surface area contributed by atoms with E-state index in [9.17, 15) is 4.79 Å². The fourth-order valence-corrected chi connectivity index (χ4v) is 1.40. The van der Waals surface area contributed by atoms with Gasteiger partial charge in [0.05, 0.1) is 0 Å². The molecule has 1 N–H and O–H groups in total. The summed E-state index contributed by atoms with van der Waals surface area (Å²) in [6, 6.07) is 7.69. The van der Waals surface area contributed by atoms with Crippen molar-refractivity contribution in [3.05, 3.63) is 35.7 Å². The molecule has 0 spiro atoms. The summed E-state index contributed by atoms with van der Waals surface area (Å²) in [4.78, 5) is 14.7. The van der Waals surface area contributed by atoms with E-state index in [0.29, 0.717) is 5.82 Å². The van der Waals surface area contributed by atoms with E-state index in [0.717, 1.165) is 11.1 Å². The van der Waals surface area contributed by atoms with Gasteiger partial charge in [0.2, 0.25) is 5.82 Å². The molecule has 0 bridgehead atoms. The molecule has 0 aliphatic heterocycles. The SMILES string of the molecule is Cc1ccc(-c2noc(COC(C)C(=O)O)n2)cc1. The summed E-state index contributed by atoms with van der Waals surface area (Å²) < 4.78 is 10.1. The van der Waals surface area contributed by atoms with Gasteiger partial charge in [0.25, 0.3) is 5.89 Å². The Morgan fingerprint density at radius 2 is 2.11 bits per heavy atom. The summed E-state index contributed by atoms with van der Waals surface area (Å²) in [5.41, 5.74) is 1.98. The number of carboxylic acids is 1. The third-order valence-corrected chi connectivity index (χ3v) is 2.58. The first kappa shape index (κ1) is 13.2. The van der Waals surface area contributed by atoms with Crippen LogP contribution in [-0.4, -0.2) is 27.3 Å². The van der Waals surface area contributed by atoms with Gasteiger partial charge in [-0.3, -0.25) is 0 Å². The first-order valence-corrected chi connectivity index (χ1v) is 5.80. The van der Waals surface area contributed by atoms with Crippen molar-refractivity contribution in [3.8, 4) is 11.4 Å². The number of hydrogen-bond donors (Lipinski definition) is 1. The van der Waals surface area contributed by atoms with E-state index in [1.54, 1.807) is 0 Å². The molecule has 19 heavy (non-hydrogen) atoms. The van der Waals surface area contributed by atoms with Crippen LogP contribution in [-0.2, 0) is 16.1 Å². The van der Waals surface area contributed by atoms with Gasteiger partial charge in [-0.15, -0.1) is 0 Å². The van der Waals surface area contributed by atoms with Crippen molar-refractivity contribution >= 4 is 5.97 Å². The maximum Gasteiger partial charge on any atom is 0.332 e. The third-order valence-electron chi connectivity index (χ3n) is 2.58. The molecule has 1 aromatic heterocycles. The number of aliphatic carboxylic acids is 1. The lowest BCUT2D eigenvalue weighted by molar-refractivity contribution is -0.150. The van der Waals surface area contributed by atoms with Gasteiger partial charge in [0.15, 0.2) is 6.10 Å². The maximum absolute atomic E-state index is 10.6. The molecule has 2 rings (SSSR count). The minimum Gasteiger partial charge on any atom is -0.479 e. The summed E-state index contributed by atoms with van der Waals surface area (Å²) in [5, 5.41) is 12.5. The van der Waals surface area contributed by atoms with E-state index in [1.165, 1.54) is 6.92 Å². The highest BCUT2D eigenvalue weighted by Gasteiger charge is 2.14. The fourth-order valence-electron chi connectivity index (χ4n) is 1.40. The minimum atomic E-state index is -1.03. The van der Waals surface area contributed by atoms with Crippen LogP contribution in [0, 0.1) is 6.92 Å². The number of rotatable bonds is 5. The number of nitrogens with zero attached hydrogens (tertiary/aromatic N) is 2. The van der Waals surface area contributed by atoms with Crippen molar-refractivity contribution in [2.45, 2.75) is 26.6 Å². The molecule has 1 aromatic carbocycles. The predicted molar refractivity (Wildman–Crippen MR) is 66.4 cm³/mol. The molecule has 1 heterocycles. The fraction of sp³-hybridized carbons (Fsp3) is 0.308. The molecule has 0 saturated carbocycles. The Morgan fingerprint density at radius 3 is 2.74 bits per heavy atom. The number of aromatic nitrogens is 2. The monoisotopic (exact) mass is 262 g/mol. The van der Waals surface area contributed by atoms with E-state index in [4.69, 9.17) is 14.4 Å². The molecule has 0 fully saturated rings. The number of carboxylic acid groups (broad SMARTS) is 1. The van der Waals surface area contributed by atoms with E-state index >= 15 is 0 Å². The lowest BCUT2D eigenvalue weighted by Crippen LogP contribution is -2.19. The molecule has 6 heteroatoms. The number of benzene rings is 1. The molecule has 0 aliphatic rings. The second-order valence-corrected chi connectivity index (χ2v) is 4.17. The molecule has 2 aromatic rings. The van der Waals surface area contributed by atoms with E-state index in [1.807, 2.05) is 31.2 Å². The molecular weight excluding hydrogens is 248 g/mol. The van der Waals surface area contributed by atoms with Crippen molar-refractivity contribution in [2.24, 2.45) is 0 Å². The molecule has 6 nitrogen and oxygen atoms in total. The molecule has 1 atom stereocenters. The van der Waals surface area contributed by atoms with Crippen LogP contribution in [0.25, 0.3) is 11.4 Å². The van der Waals surface area contributed by atoms with E-state index in [2.05, 4.69) is 10.1 Å². The number of aryl methyl sites for hydroxylation is 1. The van der Waals surface area contributed by atoms with Crippen LogP contribution in [0.2, 0.25) is 0 Å². The minimum absolute atomic E-state index is 0.0215. The Bertz CT molecular complexity index is 562. The molecule has 0 amide bonds. The van der Waals surface area contributed by atoms with Gasteiger partial charge in [0, 0.05) is 5.56 Å². The Labute approximate surface area is 110 Å². The van der Waals surface area contributed by atoms with Crippen LogP contribution in [0.1, 0.15) is 18.4 Å². The lowest BCUT2D eigenvalue weighted by Gasteiger charge is -2.04. The van der Waals surface area contributed by atoms with Crippen LogP contribution in [0.5, 0.6) is 0 Å². The normalized spacial score (nSPS) is 12.3. The molecule has 0 aliphatic carbocycles. The van der Waals surface area contributed by atoms with Crippen molar-refractivity contribution in [1.82, 2.24) is 10.1 Å². The Morgan fingerprint density at radius 1 is 1.42 bits per heavy atom. The highest BCUT2D eigenvalue weighted by molar-refractivity contribution is 5.71. The van der Waals surface area contributed by atoms with Gasteiger partial charge in [-0.2, -0.15) is 4.98 Å². The van der Waals surface area contributed by atoms with E-state index in [-0.39, 0.29) is 12.5 Å². The van der Waals surface area contributed by atoms with Gasteiger partial charge < -0.3 is 14.4 Å². The van der Waals surface area contributed by atoms with Gasteiger partial charge in [-0.1, -0.05) is 35.0 Å². The zero-order chi connectivity index (χ0) is 13.8. The average Bonchev–Trinajstić information content (AvgIpc) is 2.85.